The van der Waals surface area contributed by atoms with E-state index in [2.05, 4.69) is 0 Å². The number of carbonyl (C=O) groups is 2. The summed E-state index contributed by atoms with van der Waals surface area (Å²) >= 11 is 1.81. The van der Waals surface area contributed by atoms with Gasteiger partial charge in [-0.15, -0.1) is 0 Å². The van der Waals surface area contributed by atoms with Gasteiger partial charge in [-0.05, 0) is 72.7 Å². The Balaban J connectivity index is 2.78. The van der Waals surface area contributed by atoms with Gasteiger partial charge in [0, 0.05) is 32.1 Å². The molecule has 0 radical (unpaired) electrons. The van der Waals surface area contributed by atoms with E-state index >= 15 is 0 Å². The summed E-state index contributed by atoms with van der Waals surface area (Å²) in [4.78, 5) is 27.0. The van der Waals surface area contributed by atoms with Crippen molar-refractivity contribution in [2.75, 3.05) is 16.9 Å². The van der Waals surface area contributed by atoms with Crippen molar-refractivity contribution in [1.82, 2.24) is 0 Å². The Morgan fingerprint density at radius 1 is 1.06 bits per heavy atom. The molecule has 0 fully saturated rings. The van der Waals surface area contributed by atoms with E-state index in [9.17, 15) is 40.1 Å². The Bertz CT molecular complexity index is 1180. The van der Waals surface area contributed by atoms with Crippen LogP contribution in [0.4, 0.5) is 32.0 Å². The second-order valence-corrected chi connectivity index (χ2v) is 11.4. The lowest BCUT2D eigenvalue weighted by Crippen LogP contribution is -2.52. The molecule has 0 heterocycles. The molecule has 1 unspecified atom stereocenters. The summed E-state index contributed by atoms with van der Waals surface area (Å²) < 4.78 is 92.1. The fourth-order valence-corrected chi connectivity index (χ4v) is 5.91. The molecular weight excluding hydrogens is 625 g/mol. The number of aryl methyl sites for hydroxylation is 1. The monoisotopic (exact) mass is 648 g/mol. The highest BCUT2D eigenvalue weighted by atomic mass is 127. The summed E-state index contributed by atoms with van der Waals surface area (Å²) in [5.41, 5.74) is 2.94. The molecule has 0 aliphatic rings. The molecule has 2 aromatic rings. The van der Waals surface area contributed by atoms with Gasteiger partial charge in [0.15, 0.2) is 5.92 Å². The van der Waals surface area contributed by atoms with Crippen molar-refractivity contribution in [2.45, 2.75) is 44.6 Å². The van der Waals surface area contributed by atoms with Crippen LogP contribution in [0, 0.1) is 10.5 Å². The fourth-order valence-electron chi connectivity index (χ4n) is 4.02. The molecule has 0 saturated heterocycles. The second-order valence-electron chi connectivity index (χ2n) is 8.76. The topological polar surface area (TPSA) is 80.5 Å². The first-order valence-corrected chi connectivity index (χ1v) is 13.1. The zero-order chi connectivity index (χ0) is 27.8. The summed E-state index contributed by atoms with van der Waals surface area (Å²) in [6, 6.07) is 6.76. The van der Waals surface area contributed by atoms with Gasteiger partial charge in [0.05, 0.1) is 16.7 Å². The van der Waals surface area contributed by atoms with Crippen LogP contribution in [-0.2, 0) is 10.8 Å². The summed E-state index contributed by atoms with van der Waals surface area (Å²) in [5, 5.41) is 0. The molecule has 5 nitrogen and oxygen atoms in total. The van der Waals surface area contributed by atoms with Crippen LogP contribution in [0.5, 0.6) is 0 Å². The number of alkyl halides is 6. The maximum atomic E-state index is 13.8. The number of nitrogens with zero attached hydrogens (tertiary/aromatic N) is 1. The number of halogens is 7. The Labute approximate surface area is 220 Å². The first-order chi connectivity index (χ1) is 16.3. The smallest absolute Gasteiger partial charge is 0.366 e. The van der Waals surface area contributed by atoms with E-state index in [4.69, 9.17) is 5.73 Å². The largest absolute Gasteiger partial charge is 0.404 e. The minimum Gasteiger partial charge on any atom is -0.366 e. The van der Waals surface area contributed by atoms with E-state index < -0.39 is 52.0 Å². The van der Waals surface area contributed by atoms with Crippen molar-refractivity contribution in [3.05, 3.63) is 62.2 Å². The molecule has 0 aliphatic carbocycles. The van der Waals surface area contributed by atoms with Gasteiger partial charge in [-0.1, -0.05) is 18.2 Å². The fraction of sp³-hybridized carbons (Fsp3) is 0.391. The van der Waals surface area contributed by atoms with Gasteiger partial charge >= 0.3 is 12.4 Å². The summed E-state index contributed by atoms with van der Waals surface area (Å²) in [5.74, 6) is -5.47. The molecule has 0 saturated carbocycles. The molecule has 13 heteroatoms. The van der Waals surface area contributed by atoms with E-state index in [-0.39, 0.29) is 28.1 Å². The van der Waals surface area contributed by atoms with Crippen molar-refractivity contribution in [2.24, 2.45) is 5.73 Å². The van der Waals surface area contributed by atoms with Crippen LogP contribution in [-0.4, -0.2) is 45.9 Å². The van der Waals surface area contributed by atoms with Crippen molar-refractivity contribution in [3.63, 3.8) is 0 Å². The predicted octanol–water partition coefficient (Wildman–Crippen LogP) is 5.71. The Kier molecular flexibility index (Phi) is 8.92. The molecule has 36 heavy (non-hydrogen) atoms. The molecule has 2 amide bonds. The standard InChI is InChI=1S/C23H23F6IN2O3S/c1-12-10-13(18(22(24,25)26)23(27,28)29)8-9-16(12)32(21(2,3)11-36(4)35)20(34)14-6-5-7-15(30)17(14)19(31)33/h5-10,18H,11H2,1-4H3,(H2,31,33). The third kappa shape index (κ3) is 6.58. The first-order valence-electron chi connectivity index (χ1n) is 10.3. The average Bonchev–Trinajstić information content (AvgIpc) is 2.65. The van der Waals surface area contributed by atoms with Crippen molar-refractivity contribution in [1.29, 1.82) is 0 Å². The van der Waals surface area contributed by atoms with Crippen LogP contribution >= 0.6 is 22.6 Å². The van der Waals surface area contributed by atoms with Crippen LogP contribution in [0.2, 0.25) is 0 Å². The van der Waals surface area contributed by atoms with Gasteiger partial charge in [-0.2, -0.15) is 26.3 Å². The van der Waals surface area contributed by atoms with Crippen LogP contribution in [0.15, 0.2) is 36.4 Å². The minimum atomic E-state index is -5.59. The predicted molar refractivity (Wildman–Crippen MR) is 134 cm³/mol. The number of benzene rings is 2. The lowest BCUT2D eigenvalue weighted by Gasteiger charge is -2.39. The van der Waals surface area contributed by atoms with E-state index in [1.165, 1.54) is 25.3 Å². The molecule has 0 spiro atoms. The highest BCUT2D eigenvalue weighted by molar-refractivity contribution is 14.1. The number of hydrogen-bond acceptors (Lipinski definition) is 3. The molecule has 0 aromatic heterocycles. The highest BCUT2D eigenvalue weighted by Crippen LogP contribution is 2.47. The number of amides is 2. The van der Waals surface area contributed by atoms with Crippen LogP contribution in [0.1, 0.15) is 51.6 Å². The van der Waals surface area contributed by atoms with Crippen molar-refractivity contribution in [3.8, 4) is 0 Å². The third-order valence-corrected chi connectivity index (χ3v) is 7.32. The van der Waals surface area contributed by atoms with Crippen molar-refractivity contribution >= 4 is 50.9 Å². The Hall–Kier alpha value is -2.16. The van der Waals surface area contributed by atoms with Gasteiger partial charge in [0.1, 0.15) is 0 Å². The molecule has 2 N–H and O–H groups in total. The SMILES string of the molecule is Cc1cc(C(C(F)(F)F)C(F)(F)F)ccc1N(C(=O)c1cccc(I)c1C(N)=O)C(C)(C)CS(C)=O. The summed E-state index contributed by atoms with van der Waals surface area (Å²) in [6.07, 6.45) is -9.79. The lowest BCUT2D eigenvalue weighted by molar-refractivity contribution is -0.253. The maximum absolute atomic E-state index is 13.8. The van der Waals surface area contributed by atoms with Crippen LogP contribution in [0.3, 0.4) is 0 Å². The summed E-state index contributed by atoms with van der Waals surface area (Å²) in [6.45, 7) is 4.36. The van der Waals surface area contributed by atoms with Crippen LogP contribution < -0.4 is 10.6 Å². The first kappa shape index (κ1) is 30.1. The van der Waals surface area contributed by atoms with E-state index in [1.54, 1.807) is 19.9 Å². The van der Waals surface area contributed by atoms with Gasteiger partial charge in [-0.3, -0.25) is 13.8 Å². The maximum Gasteiger partial charge on any atom is 0.404 e. The number of primary amides is 1. The normalized spacial score (nSPS) is 13.6. The van der Waals surface area contributed by atoms with E-state index in [0.717, 1.165) is 17.0 Å². The Morgan fingerprint density at radius 3 is 2.06 bits per heavy atom. The number of rotatable bonds is 7. The molecule has 2 rings (SSSR count). The molecule has 0 bridgehead atoms. The van der Waals surface area contributed by atoms with Gasteiger partial charge < -0.3 is 10.6 Å². The van der Waals surface area contributed by atoms with E-state index in [1.807, 2.05) is 22.6 Å². The number of hydrogen-bond donors (Lipinski definition) is 1. The zero-order valence-electron chi connectivity index (χ0n) is 19.6. The molecule has 0 aliphatic heterocycles. The molecule has 1 atom stereocenters. The zero-order valence-corrected chi connectivity index (χ0v) is 22.5. The number of carbonyl (C=O) groups excluding carboxylic acids is 2. The second kappa shape index (κ2) is 10.7. The molecule has 198 valence electrons. The third-order valence-electron chi connectivity index (χ3n) is 5.31. The average molecular weight is 648 g/mol. The van der Waals surface area contributed by atoms with Gasteiger partial charge in [-0.25, -0.2) is 0 Å². The number of anilines is 1. The van der Waals surface area contributed by atoms with Gasteiger partial charge in [0.25, 0.3) is 11.8 Å². The Morgan fingerprint density at radius 2 is 1.61 bits per heavy atom. The van der Waals surface area contributed by atoms with Crippen molar-refractivity contribution < 1.29 is 40.1 Å². The van der Waals surface area contributed by atoms with Crippen LogP contribution in [0.25, 0.3) is 0 Å². The minimum absolute atomic E-state index is 0.00317. The van der Waals surface area contributed by atoms with Gasteiger partial charge in [0.2, 0.25) is 0 Å². The van der Waals surface area contributed by atoms with E-state index in [0.29, 0.717) is 9.64 Å². The quantitative estimate of drug-likeness (QED) is 0.309. The summed E-state index contributed by atoms with van der Waals surface area (Å²) in [7, 11) is -1.45. The molecular formula is C23H23F6IN2O3S. The lowest BCUT2D eigenvalue weighted by atomic mass is 9.93. The molecule has 2 aromatic carbocycles. The number of nitrogens with two attached hydrogens (primary N) is 1. The highest BCUT2D eigenvalue weighted by Gasteiger charge is 2.57.